The predicted molar refractivity (Wildman–Crippen MR) is 65.1 cm³/mol. The van der Waals surface area contributed by atoms with Gasteiger partial charge in [0.1, 0.15) is 11.6 Å². The van der Waals surface area contributed by atoms with Crippen molar-refractivity contribution in [1.82, 2.24) is 15.5 Å². The fraction of sp³-hybridized carbons (Fsp3) is 0.385. The minimum atomic E-state index is -0.586. The van der Waals surface area contributed by atoms with Gasteiger partial charge < -0.3 is 9.84 Å². The lowest BCUT2D eigenvalue weighted by atomic mass is 10.0. The highest BCUT2D eigenvalue weighted by Crippen LogP contribution is 2.19. The third-order valence-corrected chi connectivity index (χ3v) is 2.77. The fourth-order valence-electron chi connectivity index (χ4n) is 1.88. The zero-order valence-corrected chi connectivity index (χ0v) is 10.7. The van der Waals surface area contributed by atoms with Crippen molar-refractivity contribution >= 4 is 0 Å². The zero-order chi connectivity index (χ0) is 13.8. The maximum Gasteiger partial charge on any atom is 0.213 e. The number of nitrogens with one attached hydrogen (secondary N) is 1. The van der Waals surface area contributed by atoms with Crippen LogP contribution >= 0.6 is 0 Å². The maximum absolute atomic E-state index is 13.1. The van der Waals surface area contributed by atoms with Crippen LogP contribution in [-0.2, 0) is 6.54 Å². The normalized spacial score (nSPS) is 12.9. The molecule has 0 saturated carbocycles. The average Bonchev–Trinajstić information content (AvgIpc) is 2.81. The Morgan fingerprint density at radius 3 is 2.42 bits per heavy atom. The standard InChI is InChI=1S/C13H15F2N3O/c1-8(2)12(13-17-7-19-18-13)16-6-9-3-10(14)5-11(15)4-9/h3-5,7-8,12,16H,6H2,1-2H3/t12-/m0/s1. The van der Waals surface area contributed by atoms with Crippen LogP contribution < -0.4 is 5.32 Å². The molecule has 19 heavy (non-hydrogen) atoms. The van der Waals surface area contributed by atoms with Gasteiger partial charge in [-0.05, 0) is 23.6 Å². The van der Waals surface area contributed by atoms with E-state index in [-0.39, 0.29) is 12.0 Å². The first-order valence-corrected chi connectivity index (χ1v) is 6.01. The van der Waals surface area contributed by atoms with E-state index in [1.54, 1.807) is 0 Å². The van der Waals surface area contributed by atoms with Gasteiger partial charge in [-0.1, -0.05) is 19.0 Å². The van der Waals surface area contributed by atoms with Crippen molar-refractivity contribution in [3.8, 4) is 0 Å². The molecule has 2 aromatic rings. The molecule has 0 saturated heterocycles. The van der Waals surface area contributed by atoms with Gasteiger partial charge in [-0.25, -0.2) is 8.78 Å². The summed E-state index contributed by atoms with van der Waals surface area (Å²) in [5.74, 6) is -0.419. The first kappa shape index (κ1) is 13.6. The summed E-state index contributed by atoms with van der Waals surface area (Å²) in [7, 11) is 0. The summed E-state index contributed by atoms with van der Waals surface area (Å²) >= 11 is 0. The van der Waals surface area contributed by atoms with Crippen LogP contribution in [0, 0.1) is 17.6 Å². The molecule has 0 aliphatic rings. The molecule has 1 heterocycles. The van der Waals surface area contributed by atoms with Crippen LogP contribution in [0.5, 0.6) is 0 Å². The van der Waals surface area contributed by atoms with Gasteiger partial charge >= 0.3 is 0 Å². The zero-order valence-electron chi connectivity index (χ0n) is 10.7. The van der Waals surface area contributed by atoms with Crippen molar-refractivity contribution in [3.63, 3.8) is 0 Å². The Morgan fingerprint density at radius 1 is 1.21 bits per heavy atom. The SMILES string of the molecule is CC(C)[C@H](NCc1cc(F)cc(F)c1)c1ncon1. The molecule has 2 rings (SSSR count). The van der Waals surface area contributed by atoms with Gasteiger partial charge in [0.2, 0.25) is 6.39 Å². The summed E-state index contributed by atoms with van der Waals surface area (Å²) in [6.07, 6.45) is 1.26. The fourth-order valence-corrected chi connectivity index (χ4v) is 1.88. The first-order valence-electron chi connectivity index (χ1n) is 6.01. The molecule has 1 aromatic carbocycles. The third kappa shape index (κ3) is 3.57. The molecular weight excluding hydrogens is 252 g/mol. The predicted octanol–water partition coefficient (Wildman–Crippen LogP) is 2.83. The van der Waals surface area contributed by atoms with Crippen LogP contribution in [0.2, 0.25) is 0 Å². The summed E-state index contributed by atoms with van der Waals surface area (Å²) < 4.78 is 30.9. The molecule has 0 amide bonds. The van der Waals surface area contributed by atoms with Gasteiger partial charge in [0.05, 0.1) is 6.04 Å². The van der Waals surface area contributed by atoms with Crippen LogP contribution in [0.3, 0.4) is 0 Å². The summed E-state index contributed by atoms with van der Waals surface area (Å²) in [6, 6.07) is 3.31. The molecule has 0 aliphatic heterocycles. The Balaban J connectivity index is 2.07. The van der Waals surface area contributed by atoms with E-state index in [2.05, 4.69) is 15.5 Å². The van der Waals surface area contributed by atoms with Crippen LogP contribution in [0.25, 0.3) is 0 Å². The molecule has 1 N–H and O–H groups in total. The molecule has 6 heteroatoms. The summed E-state index contributed by atoms with van der Waals surface area (Å²) in [4.78, 5) is 4.00. The summed E-state index contributed by atoms with van der Waals surface area (Å²) in [5.41, 5.74) is 0.534. The van der Waals surface area contributed by atoms with E-state index in [9.17, 15) is 8.78 Å². The Bertz CT molecular complexity index is 508. The van der Waals surface area contributed by atoms with Gasteiger partial charge in [-0.2, -0.15) is 4.98 Å². The first-order chi connectivity index (χ1) is 9.06. The molecule has 1 atom stereocenters. The Hall–Kier alpha value is -1.82. The Labute approximate surface area is 109 Å². The van der Waals surface area contributed by atoms with E-state index in [0.717, 1.165) is 6.07 Å². The largest absolute Gasteiger partial charge is 0.343 e. The number of halogens is 2. The van der Waals surface area contributed by atoms with Crippen molar-refractivity contribution in [2.24, 2.45) is 5.92 Å². The number of nitrogens with zero attached hydrogens (tertiary/aromatic N) is 2. The number of hydrogen-bond acceptors (Lipinski definition) is 4. The lowest BCUT2D eigenvalue weighted by Crippen LogP contribution is -2.26. The second-order valence-electron chi connectivity index (χ2n) is 4.67. The van der Waals surface area contributed by atoms with E-state index < -0.39 is 11.6 Å². The van der Waals surface area contributed by atoms with Gasteiger partial charge in [0, 0.05) is 12.6 Å². The minimum absolute atomic E-state index is 0.134. The quantitative estimate of drug-likeness (QED) is 0.905. The van der Waals surface area contributed by atoms with Gasteiger partial charge in [-0.15, -0.1) is 0 Å². The number of aromatic nitrogens is 2. The highest BCUT2D eigenvalue weighted by Gasteiger charge is 2.19. The van der Waals surface area contributed by atoms with Crippen molar-refractivity contribution in [2.75, 3.05) is 0 Å². The summed E-state index contributed by atoms with van der Waals surface area (Å²) in [5, 5.41) is 6.96. The lowest BCUT2D eigenvalue weighted by molar-refractivity contribution is 0.357. The summed E-state index contributed by atoms with van der Waals surface area (Å²) in [6.45, 7) is 4.33. The van der Waals surface area contributed by atoms with Crippen molar-refractivity contribution in [3.05, 3.63) is 47.6 Å². The van der Waals surface area contributed by atoms with E-state index in [0.29, 0.717) is 17.9 Å². The molecule has 4 nitrogen and oxygen atoms in total. The average molecular weight is 267 g/mol. The molecule has 102 valence electrons. The van der Waals surface area contributed by atoms with Crippen LogP contribution in [0.15, 0.2) is 29.1 Å². The molecule has 0 bridgehead atoms. The van der Waals surface area contributed by atoms with E-state index in [4.69, 9.17) is 4.52 Å². The topological polar surface area (TPSA) is 51.0 Å². The molecule has 0 unspecified atom stereocenters. The van der Waals surface area contributed by atoms with E-state index in [1.165, 1.54) is 18.5 Å². The highest BCUT2D eigenvalue weighted by atomic mass is 19.1. The monoisotopic (exact) mass is 267 g/mol. The lowest BCUT2D eigenvalue weighted by Gasteiger charge is -2.19. The Morgan fingerprint density at radius 2 is 1.89 bits per heavy atom. The van der Waals surface area contributed by atoms with Crippen LogP contribution in [-0.4, -0.2) is 10.1 Å². The molecule has 1 aromatic heterocycles. The smallest absolute Gasteiger partial charge is 0.213 e. The van der Waals surface area contributed by atoms with E-state index >= 15 is 0 Å². The molecule has 0 aliphatic carbocycles. The molecule has 0 spiro atoms. The maximum atomic E-state index is 13.1. The van der Waals surface area contributed by atoms with Crippen LogP contribution in [0.1, 0.15) is 31.3 Å². The highest BCUT2D eigenvalue weighted by molar-refractivity contribution is 5.18. The second-order valence-corrected chi connectivity index (χ2v) is 4.67. The molecular formula is C13H15F2N3O. The number of rotatable bonds is 5. The van der Waals surface area contributed by atoms with Gasteiger partial charge in [0.15, 0.2) is 5.82 Å². The second kappa shape index (κ2) is 5.88. The third-order valence-electron chi connectivity index (χ3n) is 2.77. The minimum Gasteiger partial charge on any atom is -0.343 e. The van der Waals surface area contributed by atoms with Gasteiger partial charge in [0.25, 0.3) is 0 Å². The van der Waals surface area contributed by atoms with Crippen LogP contribution in [0.4, 0.5) is 8.78 Å². The number of benzene rings is 1. The van der Waals surface area contributed by atoms with Crippen molar-refractivity contribution < 1.29 is 13.3 Å². The van der Waals surface area contributed by atoms with Crippen molar-refractivity contribution in [2.45, 2.75) is 26.4 Å². The molecule has 0 fully saturated rings. The van der Waals surface area contributed by atoms with E-state index in [1.807, 2.05) is 13.8 Å². The Kier molecular flexibility index (Phi) is 4.21. The van der Waals surface area contributed by atoms with Crippen molar-refractivity contribution in [1.29, 1.82) is 0 Å². The number of hydrogen-bond donors (Lipinski definition) is 1. The molecule has 0 radical (unpaired) electrons. The van der Waals surface area contributed by atoms with Gasteiger partial charge in [-0.3, -0.25) is 0 Å².